The molecule has 0 heterocycles. The maximum absolute atomic E-state index is 2.37. The standard InChI is InChI=1S/C16H24/c1-5-16(12-15(2,3)4)10-13-8-6-7-9-14(13)11-16/h6-9H,5,10-12H2,1-4H3. The van der Waals surface area contributed by atoms with Crippen LogP contribution in [0.3, 0.4) is 0 Å². The zero-order valence-corrected chi connectivity index (χ0v) is 11.1. The summed E-state index contributed by atoms with van der Waals surface area (Å²) in [7, 11) is 0. The molecule has 16 heavy (non-hydrogen) atoms. The maximum atomic E-state index is 2.37. The van der Waals surface area contributed by atoms with Gasteiger partial charge in [-0.2, -0.15) is 0 Å². The Labute approximate surface area is 100 Å². The highest BCUT2D eigenvalue weighted by Crippen LogP contribution is 2.46. The van der Waals surface area contributed by atoms with Crippen molar-refractivity contribution in [1.29, 1.82) is 0 Å². The van der Waals surface area contributed by atoms with Crippen LogP contribution >= 0.6 is 0 Å². The summed E-state index contributed by atoms with van der Waals surface area (Å²) >= 11 is 0. The lowest BCUT2D eigenvalue weighted by Crippen LogP contribution is -2.27. The molecule has 1 aliphatic rings. The largest absolute Gasteiger partial charge is 0.0648 e. The molecule has 0 atom stereocenters. The first-order valence-electron chi connectivity index (χ1n) is 6.51. The molecule has 0 nitrogen and oxygen atoms in total. The smallest absolute Gasteiger partial charge is 0.0214 e. The Morgan fingerprint density at radius 1 is 1.06 bits per heavy atom. The normalized spacial score (nSPS) is 18.5. The molecule has 0 spiro atoms. The Balaban J connectivity index is 2.23. The predicted octanol–water partition coefficient (Wildman–Crippen LogP) is 4.62. The third-order valence-corrected chi connectivity index (χ3v) is 3.90. The highest BCUT2D eigenvalue weighted by atomic mass is 14.4. The van der Waals surface area contributed by atoms with Crippen molar-refractivity contribution >= 4 is 0 Å². The Hall–Kier alpha value is -0.780. The van der Waals surface area contributed by atoms with E-state index in [4.69, 9.17) is 0 Å². The quantitative estimate of drug-likeness (QED) is 0.677. The van der Waals surface area contributed by atoms with Crippen molar-refractivity contribution < 1.29 is 0 Å². The second kappa shape index (κ2) is 3.91. The van der Waals surface area contributed by atoms with Gasteiger partial charge in [0.05, 0.1) is 0 Å². The average Bonchev–Trinajstić information content (AvgIpc) is 2.53. The van der Waals surface area contributed by atoms with E-state index in [-0.39, 0.29) is 0 Å². The molecule has 0 amide bonds. The van der Waals surface area contributed by atoms with Crippen LogP contribution in [-0.2, 0) is 12.8 Å². The number of hydrogen-bond donors (Lipinski definition) is 0. The van der Waals surface area contributed by atoms with Gasteiger partial charge in [-0.15, -0.1) is 0 Å². The van der Waals surface area contributed by atoms with E-state index in [0.29, 0.717) is 10.8 Å². The molecule has 0 saturated carbocycles. The molecule has 0 N–H and O–H groups in total. The number of hydrogen-bond acceptors (Lipinski definition) is 0. The van der Waals surface area contributed by atoms with E-state index in [9.17, 15) is 0 Å². The van der Waals surface area contributed by atoms with Crippen molar-refractivity contribution in [2.75, 3.05) is 0 Å². The molecule has 1 aromatic carbocycles. The molecular formula is C16H24. The number of rotatable bonds is 2. The lowest BCUT2D eigenvalue weighted by atomic mass is 9.70. The fourth-order valence-electron chi connectivity index (χ4n) is 3.40. The predicted molar refractivity (Wildman–Crippen MR) is 70.6 cm³/mol. The fourth-order valence-corrected chi connectivity index (χ4v) is 3.40. The van der Waals surface area contributed by atoms with Crippen LogP contribution < -0.4 is 0 Å². The third kappa shape index (κ3) is 2.31. The lowest BCUT2D eigenvalue weighted by Gasteiger charge is -2.34. The molecule has 0 bridgehead atoms. The highest BCUT2D eigenvalue weighted by Gasteiger charge is 2.38. The van der Waals surface area contributed by atoms with Gasteiger partial charge in [-0.05, 0) is 47.6 Å². The SMILES string of the molecule is CCC1(CC(C)(C)C)Cc2ccccc2C1. The summed E-state index contributed by atoms with van der Waals surface area (Å²) in [5, 5.41) is 0. The highest BCUT2D eigenvalue weighted by molar-refractivity contribution is 5.34. The number of fused-ring (bicyclic) bond motifs is 1. The second-order valence-electron chi connectivity index (χ2n) is 6.71. The molecule has 0 unspecified atom stereocenters. The summed E-state index contributed by atoms with van der Waals surface area (Å²) in [6.07, 6.45) is 5.22. The van der Waals surface area contributed by atoms with Gasteiger partial charge in [-0.25, -0.2) is 0 Å². The minimum Gasteiger partial charge on any atom is -0.0648 e. The zero-order valence-electron chi connectivity index (χ0n) is 11.1. The van der Waals surface area contributed by atoms with Crippen LogP contribution in [0.1, 0.15) is 51.7 Å². The molecule has 0 heteroatoms. The van der Waals surface area contributed by atoms with Crippen molar-refractivity contribution in [1.82, 2.24) is 0 Å². The first-order valence-corrected chi connectivity index (χ1v) is 6.51. The lowest BCUT2D eigenvalue weighted by molar-refractivity contribution is 0.173. The summed E-state index contributed by atoms with van der Waals surface area (Å²) < 4.78 is 0. The van der Waals surface area contributed by atoms with Crippen molar-refractivity contribution in [3.8, 4) is 0 Å². The molecule has 88 valence electrons. The van der Waals surface area contributed by atoms with Gasteiger partial charge in [0.1, 0.15) is 0 Å². The van der Waals surface area contributed by atoms with E-state index in [1.54, 1.807) is 11.1 Å². The first kappa shape index (κ1) is 11.7. The maximum Gasteiger partial charge on any atom is -0.0214 e. The Bertz CT molecular complexity index is 343. The van der Waals surface area contributed by atoms with Crippen LogP contribution in [0.5, 0.6) is 0 Å². The molecule has 0 saturated heterocycles. The molecule has 0 aliphatic heterocycles. The number of benzene rings is 1. The first-order chi connectivity index (χ1) is 7.44. The van der Waals surface area contributed by atoms with Crippen LogP contribution in [0.15, 0.2) is 24.3 Å². The summed E-state index contributed by atoms with van der Waals surface area (Å²) in [6.45, 7) is 9.46. The summed E-state index contributed by atoms with van der Waals surface area (Å²) in [5.41, 5.74) is 4.15. The van der Waals surface area contributed by atoms with Gasteiger partial charge in [0.15, 0.2) is 0 Å². The van der Waals surface area contributed by atoms with E-state index in [1.165, 1.54) is 25.7 Å². The Morgan fingerprint density at radius 3 is 1.94 bits per heavy atom. The molecule has 1 aliphatic carbocycles. The zero-order chi connectivity index (χ0) is 11.8. The van der Waals surface area contributed by atoms with Gasteiger partial charge in [-0.1, -0.05) is 52.0 Å². The Morgan fingerprint density at radius 2 is 1.56 bits per heavy atom. The van der Waals surface area contributed by atoms with E-state index < -0.39 is 0 Å². The van der Waals surface area contributed by atoms with E-state index in [2.05, 4.69) is 52.0 Å². The van der Waals surface area contributed by atoms with Crippen molar-refractivity contribution in [2.24, 2.45) is 10.8 Å². The Kier molecular flexibility index (Phi) is 2.86. The van der Waals surface area contributed by atoms with Crippen molar-refractivity contribution in [2.45, 2.75) is 53.4 Å². The molecule has 0 aromatic heterocycles. The molecule has 0 radical (unpaired) electrons. The van der Waals surface area contributed by atoms with Crippen LogP contribution in [0.4, 0.5) is 0 Å². The average molecular weight is 216 g/mol. The minimum absolute atomic E-state index is 0.443. The van der Waals surface area contributed by atoms with Gasteiger partial charge in [-0.3, -0.25) is 0 Å². The van der Waals surface area contributed by atoms with Crippen LogP contribution in [-0.4, -0.2) is 0 Å². The van der Waals surface area contributed by atoms with Gasteiger partial charge in [0, 0.05) is 0 Å². The van der Waals surface area contributed by atoms with E-state index in [1.807, 2.05) is 0 Å². The van der Waals surface area contributed by atoms with Crippen molar-refractivity contribution in [3.63, 3.8) is 0 Å². The van der Waals surface area contributed by atoms with Crippen LogP contribution in [0.25, 0.3) is 0 Å². The van der Waals surface area contributed by atoms with Gasteiger partial charge < -0.3 is 0 Å². The minimum atomic E-state index is 0.443. The van der Waals surface area contributed by atoms with Gasteiger partial charge >= 0.3 is 0 Å². The van der Waals surface area contributed by atoms with E-state index >= 15 is 0 Å². The second-order valence-corrected chi connectivity index (χ2v) is 6.71. The van der Waals surface area contributed by atoms with Gasteiger partial charge in [0.25, 0.3) is 0 Å². The monoisotopic (exact) mass is 216 g/mol. The summed E-state index contributed by atoms with van der Waals surface area (Å²) in [6, 6.07) is 8.99. The summed E-state index contributed by atoms with van der Waals surface area (Å²) in [5.74, 6) is 0. The molecule has 2 rings (SSSR count). The van der Waals surface area contributed by atoms with Crippen molar-refractivity contribution in [3.05, 3.63) is 35.4 Å². The topological polar surface area (TPSA) is 0 Å². The summed E-state index contributed by atoms with van der Waals surface area (Å²) in [4.78, 5) is 0. The third-order valence-electron chi connectivity index (χ3n) is 3.90. The van der Waals surface area contributed by atoms with Crippen LogP contribution in [0.2, 0.25) is 0 Å². The molecule has 0 fully saturated rings. The molecular weight excluding hydrogens is 192 g/mol. The van der Waals surface area contributed by atoms with Crippen LogP contribution in [0, 0.1) is 10.8 Å². The van der Waals surface area contributed by atoms with Gasteiger partial charge in [0.2, 0.25) is 0 Å². The van der Waals surface area contributed by atoms with E-state index in [0.717, 1.165) is 0 Å². The fraction of sp³-hybridized carbons (Fsp3) is 0.625. The molecule has 1 aromatic rings.